The van der Waals surface area contributed by atoms with Gasteiger partial charge in [-0.05, 0) is 135 Å². The Hall–Kier alpha value is -5.53. The molecule has 0 spiro atoms. The fraction of sp³-hybridized carbons (Fsp3) is 0.241. The van der Waals surface area contributed by atoms with Crippen molar-refractivity contribution in [2.45, 2.75) is 84.1 Å². The first kappa shape index (κ1) is 36.4. The molecule has 274 valence electrons. The van der Waals surface area contributed by atoms with Crippen LogP contribution < -0.4 is 4.57 Å². The van der Waals surface area contributed by atoms with Gasteiger partial charge in [0.05, 0.1) is 11.0 Å². The molecule has 8 rings (SSSR count). The van der Waals surface area contributed by atoms with Crippen molar-refractivity contribution in [3.63, 3.8) is 0 Å². The quantitative estimate of drug-likeness (QED) is 0.117. The predicted molar refractivity (Wildman–Crippen MR) is 234 cm³/mol. The molecule has 0 fully saturated rings. The topological polar surface area (TPSA) is 3.88 Å². The number of hydrogen-bond acceptors (Lipinski definition) is 0. The summed E-state index contributed by atoms with van der Waals surface area (Å²) < 4.78 is 2.60. The highest BCUT2D eigenvalue weighted by molar-refractivity contribution is 5.85. The van der Waals surface area contributed by atoms with Crippen LogP contribution in [-0.4, -0.2) is 0 Å². The zero-order valence-electron chi connectivity index (χ0n) is 33.3. The summed E-state index contributed by atoms with van der Waals surface area (Å²) in [5, 5.41) is 0. The van der Waals surface area contributed by atoms with Crippen LogP contribution in [0.4, 0.5) is 0 Å². The zero-order valence-corrected chi connectivity index (χ0v) is 33.3. The van der Waals surface area contributed by atoms with E-state index in [2.05, 4.69) is 203 Å². The Labute approximate surface area is 329 Å². The first-order valence-corrected chi connectivity index (χ1v) is 20.6. The molecule has 0 saturated heterocycles. The molecular formula is C54H54N+. The molecule has 0 aliphatic carbocycles. The van der Waals surface area contributed by atoms with Crippen LogP contribution in [0.5, 0.6) is 0 Å². The summed E-state index contributed by atoms with van der Waals surface area (Å²) in [6.45, 7) is 11.9. The number of pyridine rings is 1. The zero-order chi connectivity index (χ0) is 38.0. The second-order valence-electron chi connectivity index (χ2n) is 15.8. The van der Waals surface area contributed by atoms with Gasteiger partial charge in [0.15, 0.2) is 11.7 Å². The molecule has 0 saturated carbocycles. The Bertz CT molecular complexity index is 2430. The first-order valence-electron chi connectivity index (χ1n) is 20.6. The van der Waals surface area contributed by atoms with Crippen molar-refractivity contribution in [1.82, 2.24) is 0 Å². The van der Waals surface area contributed by atoms with Crippen LogP contribution in [0.25, 0.3) is 66.9 Å². The number of benzene rings is 6. The minimum Gasteiger partial charge on any atom is -0.192 e. The van der Waals surface area contributed by atoms with Crippen LogP contribution in [0.1, 0.15) is 77.8 Å². The van der Waals surface area contributed by atoms with Gasteiger partial charge in [0, 0.05) is 25.0 Å². The van der Waals surface area contributed by atoms with E-state index in [-0.39, 0.29) is 11.0 Å². The van der Waals surface area contributed by atoms with Gasteiger partial charge in [0.2, 0.25) is 5.69 Å². The van der Waals surface area contributed by atoms with E-state index in [4.69, 9.17) is 0 Å². The van der Waals surface area contributed by atoms with E-state index in [0.717, 1.165) is 25.7 Å². The highest BCUT2D eigenvalue weighted by Crippen LogP contribution is 2.51. The average Bonchev–Trinajstić information content (AvgIpc) is 3.26. The van der Waals surface area contributed by atoms with Crippen LogP contribution in [0.3, 0.4) is 0 Å². The highest BCUT2D eigenvalue weighted by atomic mass is 15.1. The van der Waals surface area contributed by atoms with E-state index in [1.165, 1.54) is 90.9 Å². The second-order valence-corrected chi connectivity index (χ2v) is 15.8. The number of rotatable bonds is 11. The van der Waals surface area contributed by atoms with E-state index in [1.54, 1.807) is 0 Å². The SMILES string of the molecule is CCCCc1ccc(-c2cccc(-c3cc(-c4ccccc4)cc(-c4cccc(-c5ccc6c(c5)-c5cccc[n+]5C(CC)(CC)C6(C)CC)c4)c3)c2)cc1. The summed E-state index contributed by atoms with van der Waals surface area (Å²) in [7, 11) is 0. The van der Waals surface area contributed by atoms with Crippen LogP contribution in [0, 0.1) is 0 Å². The predicted octanol–water partition coefficient (Wildman–Crippen LogP) is 14.5. The lowest BCUT2D eigenvalue weighted by Gasteiger charge is -2.47. The number of aromatic nitrogens is 1. The van der Waals surface area contributed by atoms with Crippen LogP contribution in [-0.2, 0) is 17.4 Å². The molecule has 55 heavy (non-hydrogen) atoms. The Balaban J connectivity index is 1.21. The van der Waals surface area contributed by atoms with E-state index in [1.807, 2.05) is 0 Å². The molecule has 0 N–H and O–H groups in total. The third kappa shape index (κ3) is 6.54. The van der Waals surface area contributed by atoms with Crippen molar-refractivity contribution in [3.8, 4) is 66.9 Å². The van der Waals surface area contributed by atoms with Crippen LogP contribution >= 0.6 is 0 Å². The molecule has 0 radical (unpaired) electrons. The lowest BCUT2D eigenvalue weighted by molar-refractivity contribution is -0.769. The first-order chi connectivity index (χ1) is 26.9. The van der Waals surface area contributed by atoms with Gasteiger partial charge in [0.1, 0.15) is 0 Å². The maximum absolute atomic E-state index is 2.60. The minimum atomic E-state index is 0.0227. The smallest absolute Gasteiger partial charge is 0.192 e. The fourth-order valence-electron chi connectivity index (χ4n) is 9.62. The van der Waals surface area contributed by atoms with Gasteiger partial charge in [-0.2, -0.15) is 4.57 Å². The van der Waals surface area contributed by atoms with Crippen molar-refractivity contribution in [3.05, 3.63) is 175 Å². The minimum absolute atomic E-state index is 0.0227. The summed E-state index contributed by atoms with van der Waals surface area (Å²) >= 11 is 0. The van der Waals surface area contributed by atoms with E-state index in [0.29, 0.717) is 0 Å². The van der Waals surface area contributed by atoms with Gasteiger partial charge in [-0.25, -0.2) is 0 Å². The standard InChI is InChI=1S/C54H54N/c1-6-10-18-39-26-28-41(29-27-39)42-21-16-23-44(33-42)48-35-47(40-19-12-11-13-20-40)36-49(37-48)45-24-17-22-43(34-45)46-30-31-51-50(38-46)52-25-14-15-32-55(52)54(8-3,9-4)53(51,5)7-2/h11-17,19-38H,6-10,18H2,1-5H3/q+1. The lowest BCUT2D eigenvalue weighted by atomic mass is 9.58. The van der Waals surface area contributed by atoms with Crippen molar-refractivity contribution >= 4 is 0 Å². The van der Waals surface area contributed by atoms with E-state index < -0.39 is 0 Å². The van der Waals surface area contributed by atoms with Crippen molar-refractivity contribution in [1.29, 1.82) is 0 Å². The average molecular weight is 717 g/mol. The molecule has 1 aliphatic heterocycles. The Kier molecular flexibility index (Phi) is 10.1. The van der Waals surface area contributed by atoms with Crippen LogP contribution in [0.2, 0.25) is 0 Å². The molecule has 0 amide bonds. The summed E-state index contributed by atoms with van der Waals surface area (Å²) in [5.74, 6) is 0. The van der Waals surface area contributed by atoms with E-state index in [9.17, 15) is 0 Å². The number of unbranched alkanes of at least 4 members (excludes halogenated alkanes) is 1. The largest absolute Gasteiger partial charge is 0.213 e. The maximum Gasteiger partial charge on any atom is 0.213 e. The number of nitrogens with zero attached hydrogens (tertiary/aromatic N) is 1. The summed E-state index contributed by atoms with van der Waals surface area (Å²) in [4.78, 5) is 0. The second kappa shape index (κ2) is 15.3. The molecule has 7 aromatic rings. The highest BCUT2D eigenvalue weighted by Gasteiger charge is 2.58. The molecule has 1 atom stereocenters. The normalized spacial score (nSPS) is 15.7. The third-order valence-electron chi connectivity index (χ3n) is 13.0. The van der Waals surface area contributed by atoms with Gasteiger partial charge in [-0.1, -0.05) is 137 Å². The monoisotopic (exact) mass is 716 g/mol. The van der Waals surface area contributed by atoms with Crippen molar-refractivity contribution in [2.24, 2.45) is 0 Å². The summed E-state index contributed by atoms with van der Waals surface area (Å²) in [6, 6.07) is 59.2. The molecule has 2 heterocycles. The molecule has 1 aromatic heterocycles. The molecule has 1 heteroatoms. The van der Waals surface area contributed by atoms with E-state index >= 15 is 0 Å². The van der Waals surface area contributed by atoms with Gasteiger partial charge in [0.25, 0.3) is 0 Å². The Morgan fingerprint density at radius 2 is 0.927 bits per heavy atom. The Morgan fingerprint density at radius 3 is 1.53 bits per heavy atom. The van der Waals surface area contributed by atoms with Gasteiger partial charge >= 0.3 is 0 Å². The fourth-order valence-corrected chi connectivity index (χ4v) is 9.62. The molecule has 0 bridgehead atoms. The molecule has 1 aliphatic rings. The van der Waals surface area contributed by atoms with Gasteiger partial charge < -0.3 is 0 Å². The number of aryl methyl sites for hydroxylation is 1. The van der Waals surface area contributed by atoms with Crippen molar-refractivity contribution in [2.75, 3.05) is 0 Å². The molecular weight excluding hydrogens is 663 g/mol. The summed E-state index contributed by atoms with van der Waals surface area (Å²) in [6.07, 6.45) is 9.20. The van der Waals surface area contributed by atoms with Crippen LogP contribution in [0.15, 0.2) is 164 Å². The maximum atomic E-state index is 2.60. The molecule has 1 unspecified atom stereocenters. The van der Waals surface area contributed by atoms with Gasteiger partial charge in [-0.3, -0.25) is 0 Å². The Morgan fingerprint density at radius 1 is 0.436 bits per heavy atom. The van der Waals surface area contributed by atoms with Gasteiger partial charge in [-0.15, -0.1) is 0 Å². The lowest BCUT2D eigenvalue weighted by Crippen LogP contribution is -2.68. The number of fused-ring (bicyclic) bond motifs is 3. The summed E-state index contributed by atoms with van der Waals surface area (Å²) in [5.41, 5.74) is 17.9. The third-order valence-corrected chi connectivity index (χ3v) is 13.0. The molecule has 6 aromatic carbocycles. The van der Waals surface area contributed by atoms with Crippen molar-refractivity contribution < 1.29 is 4.57 Å². The molecule has 1 nitrogen and oxygen atoms in total. The number of hydrogen-bond donors (Lipinski definition) is 0.